The van der Waals surface area contributed by atoms with Crippen molar-refractivity contribution >= 4 is 27.5 Å². The van der Waals surface area contributed by atoms with E-state index in [1.54, 1.807) is 6.92 Å². The van der Waals surface area contributed by atoms with E-state index in [1.165, 1.54) is 6.07 Å². The zero-order chi connectivity index (χ0) is 15.1. The van der Waals surface area contributed by atoms with Gasteiger partial charge in [-0.25, -0.2) is 4.39 Å². The quantitative estimate of drug-likeness (QED) is 0.588. The average molecular weight is 347 g/mol. The molecule has 1 aromatic carbocycles. The fraction of sp³-hybridized carbons (Fsp3) is 0.500. The number of anilines is 1. The first-order valence-corrected chi connectivity index (χ1v) is 7.43. The van der Waals surface area contributed by atoms with Gasteiger partial charge in [-0.05, 0) is 35.3 Å². The molecule has 0 heterocycles. The van der Waals surface area contributed by atoms with Gasteiger partial charge >= 0.3 is 0 Å². The first-order chi connectivity index (χ1) is 9.45. The van der Waals surface area contributed by atoms with Crippen molar-refractivity contribution in [3.05, 3.63) is 22.4 Å². The van der Waals surface area contributed by atoms with E-state index in [1.807, 2.05) is 0 Å². The lowest BCUT2D eigenvalue weighted by Gasteiger charge is -2.17. The Morgan fingerprint density at radius 1 is 1.50 bits per heavy atom. The van der Waals surface area contributed by atoms with Gasteiger partial charge in [-0.2, -0.15) is 0 Å². The second kappa shape index (κ2) is 8.09. The van der Waals surface area contributed by atoms with Crippen molar-refractivity contribution in [3.8, 4) is 5.75 Å². The summed E-state index contributed by atoms with van der Waals surface area (Å²) in [6.45, 7) is 4.35. The van der Waals surface area contributed by atoms with Gasteiger partial charge in [-0.15, -0.1) is 0 Å². The maximum absolute atomic E-state index is 13.1. The highest BCUT2D eigenvalue weighted by atomic mass is 79.9. The van der Waals surface area contributed by atoms with Crippen LogP contribution in [0.15, 0.2) is 16.6 Å². The summed E-state index contributed by atoms with van der Waals surface area (Å²) in [4.78, 5) is 11.8. The summed E-state index contributed by atoms with van der Waals surface area (Å²) in [6, 6.07) is 2.41. The lowest BCUT2D eigenvalue weighted by Crippen LogP contribution is -2.37. The summed E-state index contributed by atoms with van der Waals surface area (Å²) in [5.74, 6) is -0.391. The van der Waals surface area contributed by atoms with Gasteiger partial charge in [0.15, 0.2) is 11.9 Å². The van der Waals surface area contributed by atoms with Crippen molar-refractivity contribution in [1.29, 1.82) is 0 Å². The molecule has 0 radical (unpaired) electrons. The van der Waals surface area contributed by atoms with Gasteiger partial charge in [-0.1, -0.05) is 19.8 Å². The Kier molecular flexibility index (Phi) is 6.78. The minimum absolute atomic E-state index is 0.155. The van der Waals surface area contributed by atoms with Crippen LogP contribution >= 0.6 is 15.9 Å². The highest BCUT2D eigenvalue weighted by Crippen LogP contribution is 2.33. The minimum Gasteiger partial charge on any atom is -0.478 e. The monoisotopic (exact) mass is 346 g/mol. The smallest absolute Gasteiger partial charge is 0.260 e. The van der Waals surface area contributed by atoms with Crippen LogP contribution in [-0.4, -0.2) is 18.6 Å². The summed E-state index contributed by atoms with van der Waals surface area (Å²) < 4.78 is 19.0. The van der Waals surface area contributed by atoms with E-state index < -0.39 is 11.9 Å². The molecule has 0 aromatic heterocycles. The normalized spacial score (nSPS) is 12.0. The Morgan fingerprint density at radius 2 is 2.20 bits per heavy atom. The maximum Gasteiger partial charge on any atom is 0.260 e. The highest BCUT2D eigenvalue weighted by molar-refractivity contribution is 9.10. The van der Waals surface area contributed by atoms with Crippen LogP contribution < -0.4 is 15.8 Å². The van der Waals surface area contributed by atoms with Crippen molar-refractivity contribution in [2.24, 2.45) is 0 Å². The van der Waals surface area contributed by atoms with Crippen LogP contribution in [-0.2, 0) is 4.79 Å². The van der Waals surface area contributed by atoms with E-state index in [9.17, 15) is 9.18 Å². The Balaban J connectivity index is 2.57. The summed E-state index contributed by atoms with van der Waals surface area (Å²) in [5, 5.41) is 2.79. The molecule has 0 aliphatic carbocycles. The third-order valence-corrected chi connectivity index (χ3v) is 3.37. The second-order valence-corrected chi connectivity index (χ2v) is 5.42. The average Bonchev–Trinajstić information content (AvgIpc) is 2.38. The van der Waals surface area contributed by atoms with Crippen LogP contribution in [0.4, 0.5) is 10.1 Å². The molecule has 20 heavy (non-hydrogen) atoms. The molecule has 6 heteroatoms. The number of carbonyl (C=O) groups is 1. The van der Waals surface area contributed by atoms with Crippen molar-refractivity contribution in [2.75, 3.05) is 12.3 Å². The molecule has 3 N–H and O–H groups in total. The molecule has 0 bridgehead atoms. The lowest BCUT2D eigenvalue weighted by atomic mass is 10.2. The Labute approximate surface area is 127 Å². The third-order valence-electron chi connectivity index (χ3n) is 2.78. The summed E-state index contributed by atoms with van der Waals surface area (Å²) in [6.07, 6.45) is 2.42. The molecule has 0 spiro atoms. The van der Waals surface area contributed by atoms with Crippen LogP contribution in [0.3, 0.4) is 0 Å². The number of halogens is 2. The Hall–Kier alpha value is -1.30. The molecular weight excluding hydrogens is 327 g/mol. The van der Waals surface area contributed by atoms with E-state index in [4.69, 9.17) is 10.5 Å². The summed E-state index contributed by atoms with van der Waals surface area (Å²) in [7, 11) is 0. The van der Waals surface area contributed by atoms with Gasteiger partial charge in [-0.3, -0.25) is 4.79 Å². The van der Waals surface area contributed by atoms with Crippen molar-refractivity contribution < 1.29 is 13.9 Å². The van der Waals surface area contributed by atoms with Crippen LogP contribution in [0.1, 0.15) is 33.1 Å². The van der Waals surface area contributed by atoms with E-state index in [0.717, 1.165) is 25.3 Å². The van der Waals surface area contributed by atoms with Gasteiger partial charge in [0, 0.05) is 12.6 Å². The fourth-order valence-electron chi connectivity index (χ4n) is 1.67. The number of amides is 1. The predicted octanol–water partition coefficient (Wildman–Crippen LogP) is 3.24. The molecule has 0 saturated heterocycles. The third kappa shape index (κ3) is 5.00. The fourth-order valence-corrected chi connectivity index (χ4v) is 2.21. The number of unbranched alkanes of at least 4 members (excludes halogenated alkanes) is 2. The number of hydrogen-bond acceptors (Lipinski definition) is 3. The number of nitrogens with one attached hydrogen (secondary N) is 1. The van der Waals surface area contributed by atoms with Gasteiger partial charge in [0.1, 0.15) is 5.82 Å². The Bertz CT molecular complexity index is 445. The lowest BCUT2D eigenvalue weighted by molar-refractivity contribution is -0.127. The van der Waals surface area contributed by atoms with Crippen molar-refractivity contribution in [2.45, 2.75) is 39.2 Å². The van der Waals surface area contributed by atoms with Crippen molar-refractivity contribution in [3.63, 3.8) is 0 Å². The topological polar surface area (TPSA) is 64.3 Å². The maximum atomic E-state index is 13.1. The van der Waals surface area contributed by atoms with E-state index in [0.29, 0.717) is 11.0 Å². The number of rotatable bonds is 7. The molecular formula is C14H20BrFN2O2. The standard InChI is InChI=1S/C14H20BrFN2O2/c1-3-4-5-6-18-14(19)9(2)20-13-11(15)7-10(16)8-12(13)17/h7-9H,3-6,17H2,1-2H3,(H,18,19). The van der Waals surface area contributed by atoms with Crippen LogP contribution in [0.2, 0.25) is 0 Å². The van der Waals surface area contributed by atoms with Gasteiger partial charge in [0.05, 0.1) is 10.2 Å². The van der Waals surface area contributed by atoms with Gasteiger partial charge in [0.25, 0.3) is 5.91 Å². The number of nitrogens with two attached hydrogens (primary N) is 1. The number of carbonyl (C=O) groups excluding carboxylic acids is 1. The molecule has 1 unspecified atom stereocenters. The van der Waals surface area contributed by atoms with E-state index in [2.05, 4.69) is 28.2 Å². The van der Waals surface area contributed by atoms with Gasteiger partial charge < -0.3 is 15.8 Å². The molecule has 0 fully saturated rings. The second-order valence-electron chi connectivity index (χ2n) is 4.56. The predicted molar refractivity (Wildman–Crippen MR) is 81.1 cm³/mol. The molecule has 1 aromatic rings. The van der Waals surface area contributed by atoms with Crippen LogP contribution in [0.25, 0.3) is 0 Å². The van der Waals surface area contributed by atoms with E-state index >= 15 is 0 Å². The van der Waals surface area contributed by atoms with Gasteiger partial charge in [0.2, 0.25) is 0 Å². The first kappa shape index (κ1) is 16.8. The first-order valence-electron chi connectivity index (χ1n) is 6.64. The minimum atomic E-state index is -0.694. The molecule has 1 amide bonds. The van der Waals surface area contributed by atoms with Crippen molar-refractivity contribution in [1.82, 2.24) is 5.32 Å². The number of hydrogen-bond donors (Lipinski definition) is 2. The SMILES string of the molecule is CCCCCNC(=O)C(C)Oc1c(N)cc(F)cc1Br. The molecule has 0 aliphatic heterocycles. The number of nitrogen functional groups attached to an aromatic ring is 1. The van der Waals surface area contributed by atoms with E-state index in [-0.39, 0.29) is 17.3 Å². The molecule has 0 saturated carbocycles. The summed E-state index contributed by atoms with van der Waals surface area (Å²) >= 11 is 3.17. The number of ether oxygens (including phenoxy) is 1. The molecule has 112 valence electrons. The van der Waals surface area contributed by atoms with Crippen LogP contribution in [0.5, 0.6) is 5.75 Å². The Morgan fingerprint density at radius 3 is 2.80 bits per heavy atom. The summed E-state index contributed by atoms with van der Waals surface area (Å²) in [5.41, 5.74) is 5.84. The largest absolute Gasteiger partial charge is 0.478 e. The number of benzene rings is 1. The molecule has 0 aliphatic rings. The molecule has 1 atom stereocenters. The zero-order valence-corrected chi connectivity index (χ0v) is 13.3. The highest BCUT2D eigenvalue weighted by Gasteiger charge is 2.17. The zero-order valence-electron chi connectivity index (χ0n) is 11.7. The molecule has 4 nitrogen and oxygen atoms in total. The van der Waals surface area contributed by atoms with Crippen LogP contribution in [0, 0.1) is 5.82 Å². The molecule has 1 rings (SSSR count).